The number of esters is 2. The number of carbonyl (C=O) groups is 6. The number of hydrogen-bond donors (Lipinski definition) is 6. The van der Waals surface area contributed by atoms with Crippen LogP contribution in [0.3, 0.4) is 0 Å². The molecule has 84 heavy (non-hydrogen) atoms. The minimum absolute atomic E-state index is 0.0346. The summed E-state index contributed by atoms with van der Waals surface area (Å²) in [4.78, 5) is 89.3. The lowest BCUT2D eigenvalue weighted by atomic mass is 9.97. The van der Waals surface area contributed by atoms with Crippen LogP contribution in [0.25, 0.3) is 38.9 Å². The van der Waals surface area contributed by atoms with Crippen molar-refractivity contribution >= 4 is 69.7 Å². The second kappa shape index (κ2) is 23.0. The van der Waals surface area contributed by atoms with Crippen molar-refractivity contribution in [2.24, 2.45) is 0 Å². The van der Waals surface area contributed by atoms with Gasteiger partial charge in [0, 0.05) is 56.9 Å². The maximum Gasteiger partial charge on any atom is 0.339 e. The number of aromatic nitrogens is 3. The molecule has 4 amide bonds. The van der Waals surface area contributed by atoms with Crippen molar-refractivity contribution in [2.45, 2.75) is 63.9 Å². The Morgan fingerprint density at radius 2 is 1.14 bits per heavy atom. The minimum Gasteiger partial charge on any atom is -0.464 e. The highest BCUT2D eigenvalue weighted by Gasteiger charge is 2.42. The zero-order chi connectivity index (χ0) is 59.1. The Hall–Kier alpha value is -10.2. The van der Waals surface area contributed by atoms with Crippen molar-refractivity contribution in [3.63, 3.8) is 0 Å². The van der Waals surface area contributed by atoms with E-state index < -0.39 is 60.6 Å². The summed E-state index contributed by atoms with van der Waals surface area (Å²) in [6.45, 7) is 9.45. The van der Waals surface area contributed by atoms with Crippen molar-refractivity contribution in [3.05, 3.63) is 236 Å². The molecule has 21 nitrogen and oxygen atoms in total. The number of para-hydroxylation sites is 4. The van der Waals surface area contributed by atoms with Crippen LogP contribution in [0, 0.1) is 6.57 Å². The summed E-state index contributed by atoms with van der Waals surface area (Å²) >= 11 is 0. The summed E-state index contributed by atoms with van der Waals surface area (Å²) in [7, 11) is 0. The Kier molecular flexibility index (Phi) is 15.2. The molecule has 422 valence electrons. The number of ether oxygens (including phenoxy) is 2. The fourth-order valence-electron chi connectivity index (χ4n) is 10.6. The standard InChI is InChI=1S/C32H29N3O8.C31H22N4O6/c36-28-25(15-23-18-33(27-13-14-43-32(27)42)26-4-2-1-3-24(23)26)29(37)35(17-20-7-11-22(12-8-20)31(40)41)34(28)16-19-5-9-21(10-6-19)30(38)39;1-17-21(28(36)34(29(37)26(17)32-2)16-18-11-13-19(14-12-18)30(38)39)15-25-33-22-8-4-5-9-23(22)35(25)27-20-7-3-6-10-24(20)41-31(27)40/h1-12,15,18,27,30-31,38-41H,13-14,16-17H2;3-15,27,30,38-39H,16H2,1H3. The van der Waals surface area contributed by atoms with E-state index in [1.54, 1.807) is 77.5 Å². The Balaban J connectivity index is 0.000000176. The molecule has 4 aliphatic heterocycles. The largest absolute Gasteiger partial charge is 0.464 e. The number of imide groups is 1. The van der Waals surface area contributed by atoms with Gasteiger partial charge >= 0.3 is 11.9 Å². The fraction of sp³-hybridized carbons (Fsp3) is 0.175. The van der Waals surface area contributed by atoms with Crippen LogP contribution in [0.2, 0.25) is 0 Å². The van der Waals surface area contributed by atoms with Crippen LogP contribution in [-0.4, -0.2) is 102 Å². The molecule has 0 aliphatic carbocycles. The van der Waals surface area contributed by atoms with Gasteiger partial charge < -0.3 is 49.2 Å². The molecule has 2 unspecified atom stereocenters. The van der Waals surface area contributed by atoms with Crippen molar-refractivity contribution in [1.29, 1.82) is 0 Å². The SMILES string of the molecule is O=C1OCCC1n1cc(C=C2C(=O)N(Cc3ccc(C(O)O)cc3)N(Cc3ccc(C(O)O)cc3)C2=O)c2ccccc21.[C-]#[N+]C1=C(C)C(=Cc2nc3ccccc3n2C2C(=O)Oc3ccccc32)C(=O)N(Cc2ccc(C(O)O)cc2)C1=O. The predicted molar refractivity (Wildman–Crippen MR) is 299 cm³/mol. The number of hydrogen-bond acceptors (Lipinski definition) is 15. The molecular formula is C63H51N7O14. The molecule has 12 rings (SSSR count). The summed E-state index contributed by atoms with van der Waals surface area (Å²) in [5.41, 5.74) is 6.03. The van der Waals surface area contributed by atoms with E-state index in [0.717, 1.165) is 15.8 Å². The molecule has 2 fully saturated rings. The number of hydrazine groups is 1. The number of aliphatic hydroxyl groups is 6. The normalized spacial score (nSPS) is 17.6. The second-order valence-corrected chi connectivity index (χ2v) is 20.1. The molecule has 2 atom stereocenters. The van der Waals surface area contributed by atoms with Gasteiger partial charge in [0.05, 0.1) is 43.8 Å². The number of nitrogens with zero attached hydrogens (tertiary/aromatic N) is 7. The molecule has 0 saturated carbocycles. The first-order chi connectivity index (χ1) is 40.5. The Labute approximate surface area is 478 Å². The van der Waals surface area contributed by atoms with Crippen LogP contribution in [0.15, 0.2) is 174 Å². The number of benzene rings is 6. The Morgan fingerprint density at radius 3 is 1.70 bits per heavy atom. The average Bonchev–Trinajstić information content (AvgIpc) is 2.41. The summed E-state index contributed by atoms with van der Waals surface area (Å²) in [5, 5.41) is 60.0. The van der Waals surface area contributed by atoms with E-state index in [1.165, 1.54) is 59.4 Å². The fourth-order valence-corrected chi connectivity index (χ4v) is 10.6. The van der Waals surface area contributed by atoms with Crippen LogP contribution in [0.4, 0.5) is 0 Å². The number of fused-ring (bicyclic) bond motifs is 3. The zero-order valence-electron chi connectivity index (χ0n) is 44.6. The van der Waals surface area contributed by atoms with Gasteiger partial charge in [-0.25, -0.2) is 29.4 Å². The molecule has 0 spiro atoms. The van der Waals surface area contributed by atoms with E-state index >= 15 is 0 Å². The monoisotopic (exact) mass is 1130 g/mol. The van der Waals surface area contributed by atoms with Gasteiger partial charge in [-0.2, -0.15) is 0 Å². The predicted octanol–water partition coefficient (Wildman–Crippen LogP) is 6.14. The van der Waals surface area contributed by atoms with Crippen LogP contribution in [0.1, 0.15) is 94.6 Å². The van der Waals surface area contributed by atoms with Gasteiger partial charge in [-0.15, -0.1) is 0 Å². The van der Waals surface area contributed by atoms with E-state index in [9.17, 15) is 59.4 Å². The molecule has 2 saturated heterocycles. The van der Waals surface area contributed by atoms with Crippen molar-refractivity contribution < 1.29 is 68.9 Å². The van der Waals surface area contributed by atoms with Crippen LogP contribution >= 0.6 is 0 Å². The van der Waals surface area contributed by atoms with E-state index in [0.29, 0.717) is 68.8 Å². The van der Waals surface area contributed by atoms with Crippen LogP contribution < -0.4 is 4.74 Å². The highest BCUT2D eigenvalue weighted by Crippen LogP contribution is 2.40. The molecule has 0 bridgehead atoms. The van der Waals surface area contributed by atoms with Crippen LogP contribution in [-0.2, 0) is 53.1 Å². The van der Waals surface area contributed by atoms with Gasteiger partial charge in [0.25, 0.3) is 29.3 Å². The van der Waals surface area contributed by atoms with Gasteiger partial charge in [0.15, 0.2) is 24.9 Å². The molecule has 6 aromatic carbocycles. The van der Waals surface area contributed by atoms with Crippen molar-refractivity contribution in [2.75, 3.05) is 6.61 Å². The molecule has 2 aromatic heterocycles. The number of amides is 4. The van der Waals surface area contributed by atoms with Gasteiger partial charge in [-0.3, -0.25) is 24.1 Å². The first-order valence-electron chi connectivity index (χ1n) is 26.4. The lowest BCUT2D eigenvalue weighted by Crippen LogP contribution is -2.41. The zero-order valence-corrected chi connectivity index (χ0v) is 44.6. The van der Waals surface area contributed by atoms with E-state index in [-0.39, 0.29) is 59.4 Å². The summed E-state index contributed by atoms with van der Waals surface area (Å²) < 4.78 is 14.2. The quantitative estimate of drug-likeness (QED) is 0.0144. The summed E-state index contributed by atoms with van der Waals surface area (Å²) in [6, 6.07) is 39.3. The Bertz CT molecular complexity index is 4040. The third-order valence-corrected chi connectivity index (χ3v) is 15.0. The highest BCUT2D eigenvalue weighted by atomic mass is 16.5. The number of imidazole rings is 1. The highest BCUT2D eigenvalue weighted by molar-refractivity contribution is 6.26. The number of cyclic esters (lactones) is 1. The summed E-state index contributed by atoms with van der Waals surface area (Å²) in [6.07, 6.45) is 0.410. The number of carbonyl (C=O) groups excluding carboxylic acids is 6. The van der Waals surface area contributed by atoms with Crippen molar-refractivity contribution in [1.82, 2.24) is 29.0 Å². The van der Waals surface area contributed by atoms with E-state index in [1.807, 2.05) is 53.1 Å². The second-order valence-electron chi connectivity index (χ2n) is 20.1. The molecule has 6 N–H and O–H groups in total. The number of aliphatic hydroxyl groups excluding tert-OH is 3. The maximum atomic E-state index is 13.9. The first kappa shape index (κ1) is 55.7. The summed E-state index contributed by atoms with van der Waals surface area (Å²) in [5.74, 6) is -2.49. The number of rotatable bonds is 13. The van der Waals surface area contributed by atoms with Gasteiger partial charge in [-0.05, 0) is 65.6 Å². The topological polar surface area (TPSA) is 279 Å². The molecule has 6 heterocycles. The molecule has 21 heteroatoms. The molecular weight excluding hydrogens is 1080 g/mol. The Morgan fingerprint density at radius 1 is 0.607 bits per heavy atom. The van der Waals surface area contributed by atoms with Gasteiger partial charge in [0.2, 0.25) is 0 Å². The molecule has 8 aromatic rings. The maximum absolute atomic E-state index is 13.9. The lowest BCUT2D eigenvalue weighted by molar-refractivity contribution is -0.149. The van der Waals surface area contributed by atoms with Gasteiger partial charge in [-0.1, -0.05) is 121 Å². The average molecular weight is 1130 g/mol. The van der Waals surface area contributed by atoms with E-state index in [2.05, 4.69) is 4.85 Å². The third-order valence-electron chi connectivity index (χ3n) is 15.0. The van der Waals surface area contributed by atoms with Crippen molar-refractivity contribution in [3.8, 4) is 5.75 Å². The lowest BCUT2D eigenvalue weighted by Gasteiger charge is -2.28. The smallest absolute Gasteiger partial charge is 0.339 e. The van der Waals surface area contributed by atoms with Gasteiger partial charge in [0.1, 0.15) is 23.2 Å². The minimum atomic E-state index is -1.65. The third kappa shape index (κ3) is 10.5. The first-order valence-corrected chi connectivity index (χ1v) is 26.4. The molecule has 0 radical (unpaired) electrons. The van der Waals surface area contributed by atoms with Crippen LogP contribution in [0.5, 0.6) is 5.75 Å². The van der Waals surface area contributed by atoms with E-state index in [4.69, 9.17) is 21.0 Å². The molecule has 4 aliphatic rings.